The number of aliphatic hydroxyl groups is 1. The number of halogens is 1. The second kappa shape index (κ2) is 7.13. The third-order valence-corrected chi connectivity index (χ3v) is 3.18. The molecule has 17 heavy (non-hydrogen) atoms. The summed E-state index contributed by atoms with van der Waals surface area (Å²) < 4.78 is 0. The van der Waals surface area contributed by atoms with E-state index in [9.17, 15) is 4.79 Å². The van der Waals surface area contributed by atoms with Crippen LogP contribution in [0.1, 0.15) is 37.2 Å². The molecule has 2 nitrogen and oxygen atoms in total. The predicted molar refractivity (Wildman–Crippen MR) is 70.5 cm³/mol. The van der Waals surface area contributed by atoms with Gasteiger partial charge in [-0.2, -0.15) is 0 Å². The van der Waals surface area contributed by atoms with E-state index in [1.165, 1.54) is 0 Å². The van der Waals surface area contributed by atoms with Crippen molar-refractivity contribution in [2.75, 3.05) is 0 Å². The van der Waals surface area contributed by atoms with Crippen LogP contribution in [0.15, 0.2) is 37.1 Å². The van der Waals surface area contributed by atoms with E-state index < -0.39 is 0 Å². The Morgan fingerprint density at radius 1 is 1.35 bits per heavy atom. The van der Waals surface area contributed by atoms with Crippen molar-refractivity contribution in [2.24, 2.45) is 0 Å². The number of hydrogen-bond donors (Lipinski definition) is 1. The third-order valence-electron chi connectivity index (χ3n) is 2.84. The summed E-state index contributed by atoms with van der Waals surface area (Å²) in [4.78, 5) is 11.7. The number of Topliss-reactive ketones (excluding diaryl/α,β-unsaturated/α-hetero) is 1. The fraction of sp³-hybridized carbons (Fsp3) is 0.357. The monoisotopic (exact) mass is 252 g/mol. The molecule has 0 heterocycles. The van der Waals surface area contributed by atoms with Crippen LogP contribution < -0.4 is 0 Å². The number of carbonyl (C=O) groups excluding carboxylic acids is 1. The van der Waals surface area contributed by atoms with E-state index in [0.29, 0.717) is 5.78 Å². The minimum Gasteiger partial charge on any atom is -0.516 e. The maximum atomic E-state index is 11.7. The smallest absolute Gasteiger partial charge is 0.140 e. The minimum absolute atomic E-state index is 0.0532. The van der Waals surface area contributed by atoms with E-state index in [4.69, 9.17) is 16.7 Å². The van der Waals surface area contributed by atoms with Gasteiger partial charge in [-0.05, 0) is 24.5 Å². The van der Waals surface area contributed by atoms with Crippen LogP contribution in [-0.4, -0.2) is 10.9 Å². The number of aliphatic hydroxyl groups excluding tert-OH is 1. The Morgan fingerprint density at radius 3 is 2.59 bits per heavy atom. The molecule has 1 aromatic rings. The Kier molecular flexibility index (Phi) is 5.78. The summed E-state index contributed by atoms with van der Waals surface area (Å²) in [7, 11) is 0. The molecule has 92 valence electrons. The first-order valence-electron chi connectivity index (χ1n) is 5.73. The molecule has 0 saturated heterocycles. The van der Waals surface area contributed by atoms with Gasteiger partial charge in [-0.15, -0.1) is 0 Å². The molecular formula is C14H17ClO2. The van der Waals surface area contributed by atoms with Crippen molar-refractivity contribution in [2.45, 2.75) is 31.6 Å². The molecule has 0 radical (unpaired) electrons. The summed E-state index contributed by atoms with van der Waals surface area (Å²) in [5.41, 5.74) is 1.01. The lowest BCUT2D eigenvalue weighted by molar-refractivity contribution is -0.121. The molecule has 3 heteroatoms. The molecule has 1 aromatic carbocycles. The highest BCUT2D eigenvalue weighted by Crippen LogP contribution is 2.33. The van der Waals surface area contributed by atoms with Crippen molar-refractivity contribution in [3.05, 3.63) is 47.7 Å². The highest BCUT2D eigenvalue weighted by atomic mass is 35.5. The zero-order chi connectivity index (χ0) is 12.7. The number of ketones is 1. The molecule has 1 N–H and O–H groups in total. The lowest BCUT2D eigenvalue weighted by Crippen LogP contribution is -2.17. The quantitative estimate of drug-likeness (QED) is 0.759. The first-order valence-corrected chi connectivity index (χ1v) is 6.10. The Morgan fingerprint density at radius 2 is 2.00 bits per heavy atom. The molecule has 1 unspecified atom stereocenters. The van der Waals surface area contributed by atoms with Gasteiger partial charge in [0, 0.05) is 17.4 Å². The van der Waals surface area contributed by atoms with Crippen LogP contribution in [0.3, 0.4) is 0 Å². The third kappa shape index (κ3) is 3.90. The molecule has 2 rings (SSSR count). The van der Waals surface area contributed by atoms with E-state index in [1.807, 2.05) is 24.3 Å². The largest absolute Gasteiger partial charge is 0.516 e. The van der Waals surface area contributed by atoms with Gasteiger partial charge in [0.2, 0.25) is 0 Å². The Labute approximate surface area is 107 Å². The first-order chi connectivity index (χ1) is 8.20. The molecule has 0 aliphatic heterocycles. The van der Waals surface area contributed by atoms with Crippen LogP contribution in [0.2, 0.25) is 5.02 Å². The van der Waals surface area contributed by atoms with Crippen molar-refractivity contribution < 1.29 is 9.90 Å². The second-order valence-electron chi connectivity index (χ2n) is 3.97. The standard InChI is InChI=1S/C12H13ClO.C2H4O/c13-11-7-3-1-5-9(11)10-6-2-4-8-12(10)14;1-2-3/h1,3,5,7,10H,2,4,6,8H2;2-3H,1H2. The maximum absolute atomic E-state index is 11.7. The van der Waals surface area contributed by atoms with Crippen LogP contribution in [-0.2, 0) is 4.79 Å². The fourth-order valence-electron chi connectivity index (χ4n) is 2.07. The van der Waals surface area contributed by atoms with Gasteiger partial charge in [0.1, 0.15) is 5.78 Å². The number of benzene rings is 1. The predicted octanol–water partition coefficient (Wildman–Crippen LogP) is 4.25. The molecule has 1 atom stereocenters. The number of rotatable bonds is 1. The summed E-state index contributed by atoms with van der Waals surface area (Å²) in [6, 6.07) is 7.68. The van der Waals surface area contributed by atoms with Gasteiger partial charge >= 0.3 is 0 Å². The average Bonchev–Trinajstić information content (AvgIpc) is 2.32. The normalized spacial score (nSPS) is 19.1. The molecule has 0 spiro atoms. The fourth-order valence-corrected chi connectivity index (χ4v) is 2.34. The molecule has 1 aliphatic carbocycles. The van der Waals surface area contributed by atoms with E-state index in [-0.39, 0.29) is 5.92 Å². The Balaban J connectivity index is 0.000000437. The zero-order valence-electron chi connectivity index (χ0n) is 9.73. The molecule has 1 fully saturated rings. The van der Waals surface area contributed by atoms with E-state index in [2.05, 4.69) is 6.58 Å². The SMILES string of the molecule is C=CO.O=C1CCCCC1c1ccccc1Cl. The summed E-state index contributed by atoms with van der Waals surface area (Å²) in [5, 5.41) is 8.06. The molecule has 0 amide bonds. The van der Waals surface area contributed by atoms with Crippen molar-refractivity contribution in [3.63, 3.8) is 0 Å². The van der Waals surface area contributed by atoms with Gasteiger partial charge in [0.05, 0.1) is 6.26 Å². The second-order valence-corrected chi connectivity index (χ2v) is 4.38. The van der Waals surface area contributed by atoms with E-state index >= 15 is 0 Å². The summed E-state index contributed by atoms with van der Waals surface area (Å²) in [6.07, 6.45) is 4.61. The molecule has 1 aliphatic rings. The van der Waals surface area contributed by atoms with Crippen molar-refractivity contribution in [1.82, 2.24) is 0 Å². The highest BCUT2D eigenvalue weighted by Gasteiger charge is 2.24. The van der Waals surface area contributed by atoms with Gasteiger partial charge in [-0.1, -0.05) is 42.8 Å². The topological polar surface area (TPSA) is 37.3 Å². The van der Waals surface area contributed by atoms with Crippen molar-refractivity contribution in [3.8, 4) is 0 Å². The lowest BCUT2D eigenvalue weighted by atomic mass is 9.83. The maximum Gasteiger partial charge on any atom is 0.140 e. The van der Waals surface area contributed by atoms with Crippen LogP contribution in [0.25, 0.3) is 0 Å². The van der Waals surface area contributed by atoms with Gasteiger partial charge in [0.25, 0.3) is 0 Å². The Bertz CT molecular complexity index is 388. The van der Waals surface area contributed by atoms with Crippen molar-refractivity contribution in [1.29, 1.82) is 0 Å². The summed E-state index contributed by atoms with van der Waals surface area (Å²) >= 11 is 6.07. The summed E-state index contributed by atoms with van der Waals surface area (Å²) in [6.45, 7) is 2.92. The van der Waals surface area contributed by atoms with Gasteiger partial charge in [-0.25, -0.2) is 0 Å². The molecule has 0 bridgehead atoms. The van der Waals surface area contributed by atoms with Crippen LogP contribution >= 0.6 is 11.6 Å². The van der Waals surface area contributed by atoms with Crippen LogP contribution in [0.5, 0.6) is 0 Å². The molecule has 0 aromatic heterocycles. The van der Waals surface area contributed by atoms with Gasteiger partial charge < -0.3 is 5.11 Å². The van der Waals surface area contributed by atoms with Crippen molar-refractivity contribution >= 4 is 17.4 Å². The lowest BCUT2D eigenvalue weighted by Gasteiger charge is -2.21. The number of hydrogen-bond acceptors (Lipinski definition) is 2. The Hall–Kier alpha value is -1.28. The molecular weight excluding hydrogens is 236 g/mol. The van der Waals surface area contributed by atoms with E-state index in [0.717, 1.165) is 42.5 Å². The zero-order valence-corrected chi connectivity index (χ0v) is 10.5. The van der Waals surface area contributed by atoms with Crippen LogP contribution in [0.4, 0.5) is 0 Å². The first kappa shape index (κ1) is 13.8. The summed E-state index contributed by atoms with van der Waals surface area (Å²) in [5.74, 6) is 0.404. The molecule has 1 saturated carbocycles. The average molecular weight is 253 g/mol. The van der Waals surface area contributed by atoms with Gasteiger partial charge in [0.15, 0.2) is 0 Å². The van der Waals surface area contributed by atoms with Gasteiger partial charge in [-0.3, -0.25) is 4.79 Å². The minimum atomic E-state index is 0.0532. The highest BCUT2D eigenvalue weighted by molar-refractivity contribution is 6.31. The van der Waals surface area contributed by atoms with Crippen LogP contribution in [0, 0.1) is 0 Å². The van der Waals surface area contributed by atoms with E-state index in [1.54, 1.807) is 0 Å². The number of carbonyl (C=O) groups is 1.